The van der Waals surface area contributed by atoms with Gasteiger partial charge in [-0.25, -0.2) is 0 Å². The maximum Gasteiger partial charge on any atom is 0.416 e. The number of nitrogens with one attached hydrogen (secondary N) is 3. The van der Waals surface area contributed by atoms with Crippen LogP contribution in [0.1, 0.15) is 60.2 Å². The minimum Gasteiger partial charge on any atom is -0.378 e. The number of carbonyl (C=O) groups is 2. The number of carbonyl (C=O) groups excluding carboxylic acids is 2. The first-order valence-electron chi connectivity index (χ1n) is 11.9. The molecule has 3 N–H and O–H groups in total. The molecular formula is C26H25ClF3N5O3. The van der Waals surface area contributed by atoms with Gasteiger partial charge in [0, 0.05) is 18.2 Å². The molecule has 2 fully saturated rings. The Bertz CT molecular complexity index is 1320. The molecule has 2 amide bonds. The van der Waals surface area contributed by atoms with E-state index in [-0.39, 0.29) is 52.3 Å². The lowest BCUT2D eigenvalue weighted by molar-refractivity contribution is -0.137. The second-order valence-electron chi connectivity index (χ2n) is 9.64. The van der Waals surface area contributed by atoms with Crippen LogP contribution < -0.4 is 10.6 Å². The molecule has 38 heavy (non-hydrogen) atoms. The van der Waals surface area contributed by atoms with Crippen LogP contribution in [0.2, 0.25) is 5.02 Å². The lowest BCUT2D eigenvalue weighted by Gasteiger charge is -2.45. The van der Waals surface area contributed by atoms with Crippen molar-refractivity contribution in [3.8, 4) is 6.07 Å². The van der Waals surface area contributed by atoms with Gasteiger partial charge in [0.15, 0.2) is 5.96 Å². The molecule has 0 radical (unpaired) electrons. The van der Waals surface area contributed by atoms with Crippen molar-refractivity contribution < 1.29 is 27.5 Å². The highest BCUT2D eigenvalue weighted by Gasteiger charge is 2.44. The zero-order chi connectivity index (χ0) is 27.8. The van der Waals surface area contributed by atoms with Crippen LogP contribution in [-0.2, 0) is 21.2 Å². The monoisotopic (exact) mass is 547 g/mol. The number of rotatable bonds is 4. The van der Waals surface area contributed by atoms with Gasteiger partial charge in [0.2, 0.25) is 5.91 Å². The van der Waals surface area contributed by atoms with Gasteiger partial charge in [-0.15, -0.1) is 0 Å². The van der Waals surface area contributed by atoms with Gasteiger partial charge < -0.3 is 15.4 Å². The molecule has 2 heterocycles. The fourth-order valence-corrected chi connectivity index (χ4v) is 5.25. The number of halogens is 4. The van der Waals surface area contributed by atoms with Crippen molar-refractivity contribution in [2.45, 2.75) is 57.0 Å². The highest BCUT2D eigenvalue weighted by atomic mass is 35.5. The Morgan fingerprint density at radius 3 is 2.71 bits per heavy atom. The van der Waals surface area contributed by atoms with Crippen LogP contribution in [0.15, 0.2) is 36.4 Å². The van der Waals surface area contributed by atoms with Gasteiger partial charge in [0.05, 0.1) is 46.0 Å². The average molecular weight is 548 g/mol. The number of anilines is 1. The molecule has 3 atom stereocenters. The van der Waals surface area contributed by atoms with Gasteiger partial charge in [0.25, 0.3) is 5.91 Å². The summed E-state index contributed by atoms with van der Waals surface area (Å²) >= 11 is 6.63. The Labute approximate surface area is 222 Å². The van der Waals surface area contributed by atoms with Crippen molar-refractivity contribution in [1.29, 1.82) is 10.7 Å². The SMILES string of the molecule is C[C@@H]1C[C@H](N2C(=N)N[C@](C)(c3cccc(NC(=O)c4cc(C#N)cc(C(F)(F)F)c4)c3Cl)CC2=O)CCO1. The molecule has 2 aromatic carbocycles. The number of hydrogen-bond donors (Lipinski definition) is 3. The molecule has 0 saturated carbocycles. The second kappa shape index (κ2) is 10.3. The third-order valence-electron chi connectivity index (χ3n) is 6.72. The molecule has 2 aromatic rings. The molecule has 0 unspecified atom stereocenters. The number of alkyl halides is 3. The molecule has 4 rings (SSSR count). The van der Waals surface area contributed by atoms with E-state index in [4.69, 9.17) is 27.0 Å². The summed E-state index contributed by atoms with van der Waals surface area (Å²) in [5.41, 5.74) is -2.35. The quantitative estimate of drug-likeness (QED) is 0.496. The maximum atomic E-state index is 13.2. The van der Waals surface area contributed by atoms with E-state index in [9.17, 15) is 22.8 Å². The maximum absolute atomic E-state index is 13.2. The van der Waals surface area contributed by atoms with Crippen molar-refractivity contribution in [1.82, 2.24) is 10.2 Å². The van der Waals surface area contributed by atoms with Gasteiger partial charge >= 0.3 is 6.18 Å². The van der Waals surface area contributed by atoms with E-state index in [1.54, 1.807) is 25.1 Å². The molecule has 8 nitrogen and oxygen atoms in total. The van der Waals surface area contributed by atoms with Crippen molar-refractivity contribution >= 4 is 35.1 Å². The minimum absolute atomic E-state index is 0.0165. The highest BCUT2D eigenvalue weighted by Crippen LogP contribution is 2.39. The Hall–Kier alpha value is -3.62. The number of ether oxygens (including phenoxy) is 1. The number of guanidine groups is 1. The van der Waals surface area contributed by atoms with E-state index in [1.165, 1.54) is 11.0 Å². The first kappa shape index (κ1) is 27.4. The van der Waals surface area contributed by atoms with E-state index in [2.05, 4.69) is 10.6 Å². The lowest BCUT2D eigenvalue weighted by atomic mass is 9.85. The van der Waals surface area contributed by atoms with Gasteiger partial charge in [-0.2, -0.15) is 18.4 Å². The molecule has 0 aliphatic carbocycles. The Morgan fingerprint density at radius 2 is 2.08 bits per heavy atom. The van der Waals surface area contributed by atoms with Crippen LogP contribution >= 0.6 is 11.6 Å². The molecule has 2 aliphatic rings. The topological polar surface area (TPSA) is 118 Å². The van der Waals surface area contributed by atoms with Crippen LogP contribution in [0.3, 0.4) is 0 Å². The van der Waals surface area contributed by atoms with Crippen LogP contribution in [0.5, 0.6) is 0 Å². The fourth-order valence-electron chi connectivity index (χ4n) is 4.87. The standard InChI is InChI=1S/C26H25ClF3N5O3/c1-14-8-18(6-7-38-14)35-21(36)12-25(2,34-24(35)32)19-4-3-5-20(22(19)27)33-23(37)16-9-15(13-31)10-17(11-16)26(28,29)30/h3-5,9-11,14,18H,6-8,12H2,1-2H3,(H2,32,34)(H,33,37)/t14-,18-,25+/m1/s1. The van der Waals surface area contributed by atoms with Gasteiger partial charge in [0.1, 0.15) is 0 Å². The molecule has 0 spiro atoms. The third-order valence-corrected chi connectivity index (χ3v) is 7.13. The summed E-state index contributed by atoms with van der Waals surface area (Å²) in [5.74, 6) is -1.22. The molecule has 200 valence electrons. The fraction of sp³-hybridized carbons (Fsp3) is 0.385. The van der Waals surface area contributed by atoms with E-state index in [0.717, 1.165) is 6.07 Å². The summed E-state index contributed by atoms with van der Waals surface area (Å²) in [6, 6.07) is 8.54. The predicted molar refractivity (Wildman–Crippen MR) is 134 cm³/mol. The van der Waals surface area contributed by atoms with E-state index < -0.39 is 23.2 Å². The summed E-state index contributed by atoms with van der Waals surface area (Å²) in [6.45, 7) is 4.12. The molecule has 0 bridgehead atoms. The predicted octanol–water partition coefficient (Wildman–Crippen LogP) is 5.02. The summed E-state index contributed by atoms with van der Waals surface area (Å²) in [4.78, 5) is 27.5. The average Bonchev–Trinajstić information content (AvgIpc) is 2.83. The first-order chi connectivity index (χ1) is 17.8. The number of nitriles is 1. The largest absolute Gasteiger partial charge is 0.416 e. The zero-order valence-electron chi connectivity index (χ0n) is 20.6. The summed E-state index contributed by atoms with van der Waals surface area (Å²) in [5, 5.41) is 23.3. The van der Waals surface area contributed by atoms with Gasteiger partial charge in [-0.3, -0.25) is 19.9 Å². The molecule has 2 aliphatic heterocycles. The Kier molecular flexibility index (Phi) is 7.41. The van der Waals surface area contributed by atoms with Gasteiger partial charge in [-0.05, 0) is 56.5 Å². The van der Waals surface area contributed by atoms with Crippen molar-refractivity contribution in [3.63, 3.8) is 0 Å². The number of benzene rings is 2. The van der Waals surface area contributed by atoms with E-state index in [0.29, 0.717) is 37.1 Å². The van der Waals surface area contributed by atoms with Crippen LogP contribution in [0.25, 0.3) is 0 Å². The molecule has 2 saturated heterocycles. The minimum atomic E-state index is -4.74. The Balaban J connectivity index is 1.58. The Morgan fingerprint density at radius 1 is 1.34 bits per heavy atom. The van der Waals surface area contributed by atoms with E-state index >= 15 is 0 Å². The normalized spacial score (nSPS) is 24.0. The van der Waals surface area contributed by atoms with Gasteiger partial charge in [-0.1, -0.05) is 23.7 Å². The first-order valence-corrected chi connectivity index (χ1v) is 12.2. The molecule has 0 aromatic heterocycles. The van der Waals surface area contributed by atoms with E-state index in [1.807, 2.05) is 6.92 Å². The number of amides is 2. The number of nitrogens with zero attached hydrogens (tertiary/aromatic N) is 2. The van der Waals surface area contributed by atoms with Crippen molar-refractivity contribution in [2.24, 2.45) is 0 Å². The second-order valence-corrected chi connectivity index (χ2v) is 10.0. The smallest absolute Gasteiger partial charge is 0.378 e. The highest BCUT2D eigenvalue weighted by molar-refractivity contribution is 6.35. The molecule has 12 heteroatoms. The zero-order valence-corrected chi connectivity index (χ0v) is 21.3. The van der Waals surface area contributed by atoms with Crippen LogP contribution in [0.4, 0.5) is 18.9 Å². The summed E-state index contributed by atoms with van der Waals surface area (Å²) in [6.07, 6.45) is -3.57. The number of hydrogen-bond acceptors (Lipinski definition) is 5. The summed E-state index contributed by atoms with van der Waals surface area (Å²) in [7, 11) is 0. The van der Waals surface area contributed by atoms with Crippen LogP contribution in [-0.4, -0.2) is 41.4 Å². The third kappa shape index (κ3) is 5.47. The lowest BCUT2D eigenvalue weighted by Crippen LogP contribution is -2.63. The van der Waals surface area contributed by atoms with Crippen LogP contribution in [0, 0.1) is 16.7 Å². The van der Waals surface area contributed by atoms with Crippen molar-refractivity contribution in [2.75, 3.05) is 11.9 Å². The molecular weight excluding hydrogens is 523 g/mol. The van der Waals surface area contributed by atoms with Crippen molar-refractivity contribution in [3.05, 3.63) is 63.7 Å². The summed E-state index contributed by atoms with van der Waals surface area (Å²) < 4.78 is 45.3.